The van der Waals surface area contributed by atoms with Crippen LogP contribution in [0.2, 0.25) is 0 Å². The maximum atomic E-state index is 6.11. The van der Waals surface area contributed by atoms with E-state index in [9.17, 15) is 0 Å². The van der Waals surface area contributed by atoms with E-state index in [1.807, 2.05) is 13.1 Å². The highest BCUT2D eigenvalue weighted by atomic mass is 16.5. The van der Waals surface area contributed by atoms with Crippen molar-refractivity contribution in [1.29, 1.82) is 0 Å². The lowest BCUT2D eigenvalue weighted by Gasteiger charge is -2.28. The number of ether oxygens (including phenoxy) is 1. The molecule has 1 N–H and O–H groups in total. The summed E-state index contributed by atoms with van der Waals surface area (Å²) in [4.78, 5) is 23.9. The maximum Gasteiger partial charge on any atom is 0.177 e. The van der Waals surface area contributed by atoms with Gasteiger partial charge in [-0.15, -0.1) is 0 Å². The third-order valence-corrected chi connectivity index (χ3v) is 6.57. The van der Waals surface area contributed by atoms with Crippen LogP contribution in [0.5, 0.6) is 5.75 Å². The minimum absolute atomic E-state index is 0.641. The summed E-state index contributed by atoms with van der Waals surface area (Å²) in [7, 11) is 0. The third kappa shape index (κ3) is 3.38. The number of benzene rings is 1. The Morgan fingerprint density at radius 3 is 3.00 bits per heavy atom. The molecule has 1 aromatic carbocycles. The van der Waals surface area contributed by atoms with Crippen LogP contribution in [0.15, 0.2) is 36.8 Å². The number of aryl methyl sites for hydroxylation is 1. The lowest BCUT2D eigenvalue weighted by atomic mass is 9.88. The van der Waals surface area contributed by atoms with Crippen molar-refractivity contribution in [3.05, 3.63) is 59.4 Å². The molecule has 0 spiro atoms. The second-order valence-corrected chi connectivity index (χ2v) is 8.98. The molecule has 32 heavy (non-hydrogen) atoms. The van der Waals surface area contributed by atoms with Crippen molar-refractivity contribution in [3.8, 4) is 16.9 Å². The van der Waals surface area contributed by atoms with Gasteiger partial charge in [0.05, 0.1) is 12.1 Å². The summed E-state index contributed by atoms with van der Waals surface area (Å²) in [6.45, 7) is 6.47. The van der Waals surface area contributed by atoms with E-state index in [1.165, 1.54) is 17.7 Å². The summed E-state index contributed by atoms with van der Waals surface area (Å²) in [5, 5.41) is 0. The molecule has 1 atom stereocenters. The molecule has 7 nitrogen and oxygen atoms in total. The molecule has 162 valence electrons. The standard InChI is InChI=1S/C25H26N6O/c1-15-3-5-20-21(9-15)27-14-28-25(20)31-7-8-32-23-6-4-17(10-19(23)13-31)18-11-22-24(26-12-18)30-16(2)29-22/h4,6,10-12,14-15H,3,5,7-9,13H2,1-2H3,(H,26,29,30). The van der Waals surface area contributed by atoms with E-state index in [4.69, 9.17) is 9.72 Å². The predicted molar refractivity (Wildman–Crippen MR) is 124 cm³/mol. The first-order chi connectivity index (χ1) is 15.6. The molecule has 7 heteroatoms. The fourth-order valence-electron chi connectivity index (χ4n) is 4.90. The number of nitrogens with zero attached hydrogens (tertiary/aromatic N) is 5. The van der Waals surface area contributed by atoms with Crippen molar-refractivity contribution < 1.29 is 4.74 Å². The number of aromatic nitrogens is 5. The van der Waals surface area contributed by atoms with Gasteiger partial charge in [0.15, 0.2) is 5.65 Å². The number of hydrogen-bond donors (Lipinski definition) is 1. The Morgan fingerprint density at radius 2 is 2.06 bits per heavy atom. The van der Waals surface area contributed by atoms with Gasteiger partial charge in [-0.3, -0.25) is 0 Å². The Morgan fingerprint density at radius 1 is 1.12 bits per heavy atom. The Hall–Kier alpha value is -3.48. The fourth-order valence-corrected chi connectivity index (χ4v) is 4.90. The van der Waals surface area contributed by atoms with Crippen molar-refractivity contribution in [1.82, 2.24) is 24.9 Å². The molecule has 0 bridgehead atoms. The summed E-state index contributed by atoms with van der Waals surface area (Å²) in [6, 6.07) is 8.51. The molecular formula is C25H26N6O. The van der Waals surface area contributed by atoms with Gasteiger partial charge in [0.2, 0.25) is 0 Å². The smallest absolute Gasteiger partial charge is 0.177 e. The SMILES string of the molecule is Cc1nc2ncc(-c3ccc4c(c3)CN(c3ncnc5c3CCC(C)C5)CCO4)cc2[nH]1. The topological polar surface area (TPSA) is 79.8 Å². The van der Waals surface area contributed by atoms with E-state index in [2.05, 4.69) is 56.0 Å². The number of nitrogens with one attached hydrogen (secondary N) is 1. The normalized spacial score (nSPS) is 18.1. The van der Waals surface area contributed by atoms with E-state index >= 15 is 0 Å². The van der Waals surface area contributed by atoms with Crippen molar-refractivity contribution in [2.24, 2.45) is 5.92 Å². The number of H-pyrrole nitrogens is 1. The van der Waals surface area contributed by atoms with Crippen LogP contribution in [0.3, 0.4) is 0 Å². The van der Waals surface area contributed by atoms with Gasteiger partial charge < -0.3 is 14.6 Å². The van der Waals surface area contributed by atoms with Crippen LogP contribution in [0.1, 0.15) is 36.0 Å². The highest BCUT2D eigenvalue weighted by Crippen LogP contribution is 2.34. The van der Waals surface area contributed by atoms with Crippen LogP contribution in [0.25, 0.3) is 22.3 Å². The van der Waals surface area contributed by atoms with Crippen LogP contribution in [0.4, 0.5) is 5.82 Å². The Kier molecular flexibility index (Phi) is 4.56. The highest BCUT2D eigenvalue weighted by Gasteiger charge is 2.25. The number of fused-ring (bicyclic) bond motifs is 3. The van der Waals surface area contributed by atoms with Gasteiger partial charge in [0.25, 0.3) is 0 Å². The monoisotopic (exact) mass is 426 g/mol. The molecule has 0 saturated heterocycles. The molecule has 0 saturated carbocycles. The number of aromatic amines is 1. The van der Waals surface area contributed by atoms with Gasteiger partial charge in [-0.25, -0.2) is 19.9 Å². The Labute approximate surface area is 186 Å². The number of anilines is 1. The van der Waals surface area contributed by atoms with Gasteiger partial charge in [0, 0.05) is 35.1 Å². The predicted octanol–water partition coefficient (Wildman–Crippen LogP) is 4.25. The number of imidazole rings is 1. The fraction of sp³-hybridized carbons (Fsp3) is 0.360. The third-order valence-electron chi connectivity index (χ3n) is 6.57. The molecule has 1 unspecified atom stereocenters. The molecule has 4 aromatic rings. The second kappa shape index (κ2) is 7.58. The first-order valence-corrected chi connectivity index (χ1v) is 11.3. The second-order valence-electron chi connectivity index (χ2n) is 8.98. The highest BCUT2D eigenvalue weighted by molar-refractivity contribution is 5.78. The van der Waals surface area contributed by atoms with Gasteiger partial charge in [-0.05, 0) is 55.9 Å². The summed E-state index contributed by atoms with van der Waals surface area (Å²) in [6.07, 6.45) is 6.90. The molecule has 1 aliphatic carbocycles. The van der Waals surface area contributed by atoms with Crippen LogP contribution in [-0.2, 0) is 19.4 Å². The van der Waals surface area contributed by atoms with Crippen molar-refractivity contribution in [2.75, 3.05) is 18.1 Å². The van der Waals surface area contributed by atoms with Crippen molar-refractivity contribution >= 4 is 17.0 Å². The van der Waals surface area contributed by atoms with Crippen LogP contribution >= 0.6 is 0 Å². The average Bonchev–Trinajstić information content (AvgIpc) is 3.04. The molecule has 6 rings (SSSR count). The molecule has 3 aromatic heterocycles. The van der Waals surface area contributed by atoms with Crippen LogP contribution < -0.4 is 9.64 Å². The number of pyridine rings is 1. The first kappa shape index (κ1) is 19.2. The molecule has 0 amide bonds. The summed E-state index contributed by atoms with van der Waals surface area (Å²) < 4.78 is 6.11. The number of rotatable bonds is 2. The van der Waals surface area contributed by atoms with Gasteiger partial charge in [0.1, 0.15) is 30.3 Å². The summed E-state index contributed by atoms with van der Waals surface area (Å²) in [5.74, 6) is 3.57. The van der Waals surface area contributed by atoms with E-state index in [1.54, 1.807) is 6.33 Å². The summed E-state index contributed by atoms with van der Waals surface area (Å²) in [5.41, 5.74) is 7.57. The van der Waals surface area contributed by atoms with Crippen LogP contribution in [0, 0.1) is 12.8 Å². The van der Waals surface area contributed by atoms with Gasteiger partial charge >= 0.3 is 0 Å². The molecule has 0 radical (unpaired) electrons. The molecule has 0 fully saturated rings. The average molecular weight is 427 g/mol. The van der Waals surface area contributed by atoms with Crippen molar-refractivity contribution in [3.63, 3.8) is 0 Å². The summed E-state index contributed by atoms with van der Waals surface area (Å²) >= 11 is 0. The quantitative estimate of drug-likeness (QED) is 0.516. The Balaban J connectivity index is 1.35. The van der Waals surface area contributed by atoms with Crippen LogP contribution in [-0.4, -0.2) is 38.1 Å². The minimum atomic E-state index is 0.641. The molecule has 1 aliphatic heterocycles. The van der Waals surface area contributed by atoms with E-state index in [0.29, 0.717) is 12.5 Å². The lowest BCUT2D eigenvalue weighted by molar-refractivity contribution is 0.331. The van der Waals surface area contributed by atoms with E-state index in [0.717, 1.165) is 71.2 Å². The lowest BCUT2D eigenvalue weighted by Crippen LogP contribution is -2.29. The minimum Gasteiger partial charge on any atom is -0.491 e. The van der Waals surface area contributed by atoms with Gasteiger partial charge in [-0.1, -0.05) is 13.0 Å². The number of hydrogen-bond acceptors (Lipinski definition) is 6. The zero-order valence-corrected chi connectivity index (χ0v) is 18.4. The molecule has 4 heterocycles. The zero-order valence-electron chi connectivity index (χ0n) is 18.4. The molecular weight excluding hydrogens is 400 g/mol. The first-order valence-electron chi connectivity index (χ1n) is 11.3. The zero-order chi connectivity index (χ0) is 21.7. The van der Waals surface area contributed by atoms with E-state index < -0.39 is 0 Å². The maximum absolute atomic E-state index is 6.11. The van der Waals surface area contributed by atoms with Crippen molar-refractivity contribution in [2.45, 2.75) is 39.7 Å². The Bertz CT molecular complexity index is 1310. The molecule has 2 aliphatic rings. The largest absolute Gasteiger partial charge is 0.491 e. The van der Waals surface area contributed by atoms with Gasteiger partial charge in [-0.2, -0.15) is 0 Å². The van der Waals surface area contributed by atoms with E-state index in [-0.39, 0.29) is 0 Å².